The molecule has 0 radical (unpaired) electrons. The van der Waals surface area contributed by atoms with Gasteiger partial charge in [-0.2, -0.15) is 0 Å². The number of benzene rings is 7. The highest BCUT2D eigenvalue weighted by atomic mass is 32.1. The number of allylic oxidation sites excluding steroid dienone is 3. The predicted octanol–water partition coefficient (Wildman–Crippen LogP) is 13.9. The van der Waals surface area contributed by atoms with Gasteiger partial charge in [-0.1, -0.05) is 133 Å². The van der Waals surface area contributed by atoms with E-state index in [4.69, 9.17) is 9.47 Å². The first-order valence-corrected chi connectivity index (χ1v) is 21.4. The van der Waals surface area contributed by atoms with Gasteiger partial charge in [-0.3, -0.25) is 0 Å². The van der Waals surface area contributed by atoms with Crippen LogP contribution in [0.1, 0.15) is 39.1 Å². The molecule has 280 valence electrons. The standard InChI is InChI=1S/C55H37NO2S/c1-2-16-35(17-3-1)56(46-27-14-30-50-52(46)41-22-7-11-29-49(41)59-50)36-18-12-15-34(33-36)37-23-13-28-47-53(37)57-48-32-31-45-51(54(48)58-47)40-21-6-10-26-44(40)55(45)42-24-8-4-19-38(42)39-20-5-9-25-43(39)55/h1-6,8-21,23-33,48,54H,7,22H2. The van der Waals surface area contributed by atoms with E-state index in [0.29, 0.717) is 0 Å². The number of anilines is 3. The van der Waals surface area contributed by atoms with Crippen molar-refractivity contribution in [1.29, 1.82) is 0 Å². The first kappa shape index (κ1) is 33.1. The summed E-state index contributed by atoms with van der Waals surface area (Å²) in [7, 11) is 0. The van der Waals surface area contributed by atoms with E-state index in [0.717, 1.165) is 46.8 Å². The molecule has 7 aromatic carbocycles. The van der Waals surface area contributed by atoms with Gasteiger partial charge in [0.25, 0.3) is 0 Å². The molecule has 0 fully saturated rings. The number of nitrogens with zero attached hydrogens (tertiary/aromatic N) is 1. The molecule has 0 bridgehead atoms. The quantitative estimate of drug-likeness (QED) is 0.178. The van der Waals surface area contributed by atoms with Crippen LogP contribution in [0.25, 0.3) is 44.0 Å². The lowest BCUT2D eigenvalue weighted by Gasteiger charge is -2.38. The molecule has 59 heavy (non-hydrogen) atoms. The van der Waals surface area contributed by atoms with Crippen LogP contribution < -0.4 is 14.4 Å². The largest absolute Gasteiger partial charge is 0.478 e. The van der Waals surface area contributed by atoms with Gasteiger partial charge in [-0.25, -0.2) is 0 Å². The van der Waals surface area contributed by atoms with Crippen molar-refractivity contribution in [3.8, 4) is 33.8 Å². The molecular weight excluding hydrogens is 739 g/mol. The number of rotatable bonds is 4. The lowest BCUT2D eigenvalue weighted by Crippen LogP contribution is -2.41. The first-order valence-electron chi connectivity index (χ1n) is 20.6. The van der Waals surface area contributed by atoms with Crippen LogP contribution in [0.4, 0.5) is 17.1 Å². The van der Waals surface area contributed by atoms with Crippen molar-refractivity contribution in [2.24, 2.45) is 0 Å². The molecule has 2 heterocycles. The lowest BCUT2D eigenvalue weighted by molar-refractivity contribution is 0.0818. The molecule has 0 saturated carbocycles. The molecule has 1 aromatic heterocycles. The number of hydrogen-bond acceptors (Lipinski definition) is 4. The maximum Gasteiger partial charge on any atom is 0.170 e. The Morgan fingerprint density at radius 3 is 2.08 bits per heavy atom. The molecule has 0 saturated heterocycles. The maximum absolute atomic E-state index is 7.21. The number of thiophene rings is 1. The zero-order chi connectivity index (χ0) is 38.7. The van der Waals surface area contributed by atoms with E-state index >= 15 is 0 Å². The molecule has 4 heteroatoms. The molecule has 2 atom stereocenters. The lowest BCUT2D eigenvalue weighted by atomic mass is 9.69. The van der Waals surface area contributed by atoms with Crippen molar-refractivity contribution < 1.29 is 9.47 Å². The van der Waals surface area contributed by atoms with Gasteiger partial charge in [0.1, 0.15) is 0 Å². The van der Waals surface area contributed by atoms with E-state index in [2.05, 4.69) is 193 Å². The van der Waals surface area contributed by atoms with Crippen molar-refractivity contribution in [1.82, 2.24) is 0 Å². The molecule has 0 N–H and O–H groups in total. The Morgan fingerprint density at radius 2 is 1.27 bits per heavy atom. The number of hydrogen-bond donors (Lipinski definition) is 0. The van der Waals surface area contributed by atoms with E-state index in [9.17, 15) is 0 Å². The molecule has 0 amide bonds. The SMILES string of the molecule is C1=Cc2sc3cccc(N(c4ccccc4)c4cccc(-c5cccc6c5OC5C=CC7=C(c8ccccc8C78c7ccccc7-c7ccccc78)C5O6)c4)c3c2CC1. The average Bonchev–Trinajstić information content (AvgIpc) is 3.93. The van der Waals surface area contributed by atoms with Crippen molar-refractivity contribution in [2.75, 3.05) is 4.90 Å². The monoisotopic (exact) mass is 775 g/mol. The van der Waals surface area contributed by atoms with Gasteiger partial charge in [0, 0.05) is 37.5 Å². The minimum atomic E-state index is -0.416. The maximum atomic E-state index is 7.21. The van der Waals surface area contributed by atoms with Gasteiger partial charge in [-0.05, 0) is 118 Å². The molecule has 8 aromatic rings. The van der Waals surface area contributed by atoms with Crippen LogP contribution in [0.15, 0.2) is 188 Å². The van der Waals surface area contributed by atoms with E-state index in [1.807, 2.05) is 11.3 Å². The van der Waals surface area contributed by atoms with Crippen LogP contribution in [0, 0.1) is 0 Å². The molecule has 3 nitrogen and oxygen atoms in total. The van der Waals surface area contributed by atoms with Crippen LogP contribution in [-0.4, -0.2) is 12.2 Å². The van der Waals surface area contributed by atoms with E-state index in [-0.39, 0.29) is 12.2 Å². The molecular formula is C55H37NO2S. The minimum Gasteiger partial charge on any atom is -0.478 e. The van der Waals surface area contributed by atoms with Gasteiger partial charge in [-0.15, -0.1) is 11.3 Å². The highest BCUT2D eigenvalue weighted by molar-refractivity contribution is 7.20. The topological polar surface area (TPSA) is 21.7 Å². The fourth-order valence-electron chi connectivity index (χ4n) is 10.8. The van der Waals surface area contributed by atoms with Gasteiger partial charge >= 0.3 is 0 Å². The Bertz CT molecular complexity index is 3100. The van der Waals surface area contributed by atoms with Crippen molar-refractivity contribution in [3.05, 3.63) is 220 Å². The fraction of sp³-hybridized carbons (Fsp3) is 0.0909. The van der Waals surface area contributed by atoms with Gasteiger partial charge in [0.05, 0.1) is 11.1 Å². The van der Waals surface area contributed by atoms with Crippen molar-refractivity contribution in [2.45, 2.75) is 30.5 Å². The van der Waals surface area contributed by atoms with Crippen molar-refractivity contribution in [3.63, 3.8) is 0 Å². The second-order valence-electron chi connectivity index (χ2n) is 16.1. The minimum absolute atomic E-state index is 0.294. The number of aryl methyl sites for hydroxylation is 1. The molecule has 2 unspecified atom stereocenters. The number of ether oxygens (including phenoxy) is 2. The summed E-state index contributed by atoms with van der Waals surface area (Å²) >= 11 is 1.89. The highest BCUT2D eigenvalue weighted by Crippen LogP contribution is 2.64. The smallest absolute Gasteiger partial charge is 0.170 e. The van der Waals surface area contributed by atoms with Crippen LogP contribution in [0.3, 0.4) is 0 Å². The summed E-state index contributed by atoms with van der Waals surface area (Å²) in [4.78, 5) is 3.80. The Labute approximate surface area is 347 Å². The van der Waals surface area contributed by atoms with Crippen LogP contribution >= 0.6 is 11.3 Å². The molecule has 1 spiro atoms. The van der Waals surface area contributed by atoms with E-state index in [1.54, 1.807) is 0 Å². The Balaban J connectivity index is 0.930. The van der Waals surface area contributed by atoms with Gasteiger partial charge in [0.2, 0.25) is 0 Å². The van der Waals surface area contributed by atoms with E-state index < -0.39 is 5.41 Å². The summed E-state index contributed by atoms with van der Waals surface area (Å²) in [5.74, 6) is 1.55. The normalized spacial score (nSPS) is 18.2. The second-order valence-corrected chi connectivity index (χ2v) is 17.2. The molecule has 13 rings (SSSR count). The third-order valence-electron chi connectivity index (χ3n) is 13.1. The molecule has 5 aliphatic rings. The summed E-state index contributed by atoms with van der Waals surface area (Å²) in [5.41, 5.74) is 16.9. The first-order chi connectivity index (χ1) is 29.3. The average molecular weight is 776 g/mol. The summed E-state index contributed by atoms with van der Waals surface area (Å²) in [6.45, 7) is 0. The second kappa shape index (κ2) is 12.6. The summed E-state index contributed by atoms with van der Waals surface area (Å²) in [6.07, 6.45) is 10.7. The van der Waals surface area contributed by atoms with Crippen LogP contribution in [0.2, 0.25) is 0 Å². The van der Waals surface area contributed by atoms with Crippen LogP contribution in [-0.2, 0) is 11.8 Å². The number of para-hydroxylation sites is 2. The molecule has 1 aliphatic heterocycles. The van der Waals surface area contributed by atoms with Crippen molar-refractivity contribution >= 4 is 50.1 Å². The summed E-state index contributed by atoms with van der Waals surface area (Å²) < 4.78 is 15.7. The summed E-state index contributed by atoms with van der Waals surface area (Å²) in [5, 5.41) is 1.35. The Morgan fingerprint density at radius 1 is 0.593 bits per heavy atom. The zero-order valence-corrected chi connectivity index (χ0v) is 33.0. The third-order valence-corrected chi connectivity index (χ3v) is 14.3. The van der Waals surface area contributed by atoms with Gasteiger partial charge < -0.3 is 14.4 Å². The molecule has 4 aliphatic carbocycles. The Kier molecular flexibility index (Phi) is 7.05. The Hall–Kier alpha value is -6.88. The summed E-state index contributed by atoms with van der Waals surface area (Å²) in [6, 6.07) is 59.6. The van der Waals surface area contributed by atoms with Crippen LogP contribution in [0.5, 0.6) is 11.5 Å². The predicted molar refractivity (Wildman–Crippen MR) is 242 cm³/mol. The van der Waals surface area contributed by atoms with E-state index in [1.165, 1.54) is 70.7 Å². The zero-order valence-electron chi connectivity index (χ0n) is 32.1. The fourth-order valence-corrected chi connectivity index (χ4v) is 12.0. The number of fused-ring (bicyclic) bond motifs is 15. The third kappa shape index (κ3) is 4.58. The highest BCUT2D eigenvalue weighted by Gasteiger charge is 2.55. The van der Waals surface area contributed by atoms with Gasteiger partial charge in [0.15, 0.2) is 23.7 Å².